The molecule has 2 N–H and O–H groups in total. The number of nitrogens with one attached hydrogen (secondary N) is 2. The minimum Gasteiger partial charge on any atom is -0.501 e. The molecule has 10 heteroatoms. The topological polar surface area (TPSA) is 108 Å². The number of carbonyl (C=O) groups excluding carboxylic acids is 2. The Morgan fingerprint density at radius 3 is 2.50 bits per heavy atom. The number of rotatable bonds is 11. The maximum absolute atomic E-state index is 14.8. The maximum atomic E-state index is 14.8. The molecule has 0 aliphatic heterocycles. The van der Waals surface area contributed by atoms with Crippen LogP contribution in [0, 0.1) is 5.82 Å². The van der Waals surface area contributed by atoms with E-state index >= 15 is 0 Å². The molecule has 200 valence electrons. The summed E-state index contributed by atoms with van der Waals surface area (Å²) in [5.74, 6) is -0.0817. The van der Waals surface area contributed by atoms with Gasteiger partial charge >= 0.3 is 11.8 Å². The average molecular weight is 524 g/mol. The number of anilines is 1. The molecule has 0 atom stereocenters. The summed E-state index contributed by atoms with van der Waals surface area (Å²) in [6.07, 6.45) is 6.22. The lowest BCUT2D eigenvalue weighted by Crippen LogP contribution is -2.35. The number of ether oxygens (including phenoxy) is 4. The van der Waals surface area contributed by atoms with Gasteiger partial charge in [-0.2, -0.15) is 0 Å². The van der Waals surface area contributed by atoms with Gasteiger partial charge in [0.2, 0.25) is 0 Å². The van der Waals surface area contributed by atoms with Gasteiger partial charge in [-0.15, -0.1) is 0 Å². The molecule has 0 unspecified atom stereocenters. The van der Waals surface area contributed by atoms with Crippen LogP contribution in [-0.4, -0.2) is 44.7 Å². The summed E-state index contributed by atoms with van der Waals surface area (Å²) in [5.41, 5.74) is 0.771. The molecule has 1 heterocycles. The Balaban J connectivity index is 1.55. The second kappa shape index (κ2) is 13.6. The van der Waals surface area contributed by atoms with E-state index in [4.69, 9.17) is 18.9 Å². The van der Waals surface area contributed by atoms with Crippen molar-refractivity contribution >= 4 is 28.4 Å². The molecule has 3 aromatic rings. The Morgan fingerprint density at radius 1 is 0.974 bits per heavy atom. The first-order valence-electron chi connectivity index (χ1n) is 11.8. The summed E-state index contributed by atoms with van der Waals surface area (Å²) in [5, 5.41) is 5.57. The molecule has 38 heavy (non-hydrogen) atoms. The van der Waals surface area contributed by atoms with Gasteiger partial charge in [0.1, 0.15) is 11.5 Å². The number of allylic oxidation sites excluding steroid dienone is 4. The number of methoxy groups -OCH3 is 3. The molecular formula is C28H30FN3O6. The lowest BCUT2D eigenvalue weighted by Gasteiger charge is -2.12. The maximum Gasteiger partial charge on any atom is 0.313 e. The van der Waals surface area contributed by atoms with E-state index in [0.717, 1.165) is 11.8 Å². The minimum absolute atomic E-state index is 0.0553. The van der Waals surface area contributed by atoms with Crippen LogP contribution in [0.4, 0.5) is 10.1 Å². The van der Waals surface area contributed by atoms with Crippen LogP contribution in [0.25, 0.3) is 10.9 Å². The van der Waals surface area contributed by atoms with E-state index in [2.05, 4.69) is 15.6 Å². The molecule has 0 aliphatic rings. The number of hydrogen-bond acceptors (Lipinski definition) is 7. The molecule has 0 spiro atoms. The summed E-state index contributed by atoms with van der Waals surface area (Å²) in [4.78, 5) is 28.7. The number of pyridine rings is 1. The Hall–Kier alpha value is -4.60. The van der Waals surface area contributed by atoms with E-state index in [9.17, 15) is 14.0 Å². The fourth-order valence-electron chi connectivity index (χ4n) is 3.36. The molecule has 2 amide bonds. The number of hydrogen-bond donors (Lipinski definition) is 2. The van der Waals surface area contributed by atoms with Crippen LogP contribution in [0.3, 0.4) is 0 Å². The van der Waals surface area contributed by atoms with Gasteiger partial charge in [0.15, 0.2) is 11.6 Å². The van der Waals surface area contributed by atoms with Gasteiger partial charge < -0.3 is 29.6 Å². The highest BCUT2D eigenvalue weighted by atomic mass is 19.1. The van der Waals surface area contributed by atoms with Gasteiger partial charge in [-0.3, -0.25) is 14.6 Å². The first-order chi connectivity index (χ1) is 18.3. The van der Waals surface area contributed by atoms with Crippen LogP contribution in [-0.2, 0) is 19.1 Å². The lowest BCUT2D eigenvalue weighted by molar-refractivity contribution is -0.136. The van der Waals surface area contributed by atoms with Crippen LogP contribution in [0.15, 0.2) is 72.3 Å². The third kappa shape index (κ3) is 7.70. The zero-order chi connectivity index (χ0) is 27.5. The Bertz CT molecular complexity index is 1360. The molecule has 0 bridgehead atoms. The van der Waals surface area contributed by atoms with Crippen molar-refractivity contribution in [1.82, 2.24) is 10.3 Å². The van der Waals surface area contributed by atoms with Gasteiger partial charge in [-0.05, 0) is 61.9 Å². The van der Waals surface area contributed by atoms with E-state index in [0.29, 0.717) is 41.0 Å². The number of nitrogens with zero attached hydrogens (tertiary/aromatic N) is 1. The number of fused-ring (bicyclic) bond motifs is 1. The zero-order valence-electron chi connectivity index (χ0n) is 21.7. The molecule has 0 saturated carbocycles. The SMILES string of the molecule is CO/C(C)=C/C=C(\CCCNC(=O)C(=O)Nc1ccc(Oc2ccnc3ccc(OC)cc23)c(F)c1)OC. The smallest absolute Gasteiger partial charge is 0.313 e. The number of benzene rings is 2. The Labute approximate surface area is 220 Å². The van der Waals surface area contributed by atoms with E-state index in [1.165, 1.54) is 12.1 Å². The predicted octanol–water partition coefficient (Wildman–Crippen LogP) is 5.09. The molecule has 0 fully saturated rings. The Morgan fingerprint density at radius 2 is 1.79 bits per heavy atom. The lowest BCUT2D eigenvalue weighted by atomic mass is 10.2. The molecule has 0 radical (unpaired) electrons. The van der Waals surface area contributed by atoms with Crippen LogP contribution < -0.4 is 20.1 Å². The van der Waals surface area contributed by atoms with Gasteiger partial charge in [0.05, 0.1) is 38.4 Å². The van der Waals surface area contributed by atoms with Crippen molar-refractivity contribution < 1.29 is 32.9 Å². The summed E-state index contributed by atoms with van der Waals surface area (Å²) in [7, 11) is 4.68. The van der Waals surface area contributed by atoms with Crippen LogP contribution >= 0.6 is 0 Å². The molecule has 2 aromatic carbocycles. The predicted molar refractivity (Wildman–Crippen MR) is 142 cm³/mol. The van der Waals surface area contributed by atoms with Crippen LogP contribution in [0.1, 0.15) is 19.8 Å². The first-order valence-corrected chi connectivity index (χ1v) is 11.8. The zero-order valence-corrected chi connectivity index (χ0v) is 21.7. The third-order valence-corrected chi connectivity index (χ3v) is 5.50. The highest BCUT2D eigenvalue weighted by molar-refractivity contribution is 6.39. The van der Waals surface area contributed by atoms with Crippen molar-refractivity contribution in [3.63, 3.8) is 0 Å². The summed E-state index contributed by atoms with van der Waals surface area (Å²) < 4.78 is 36.1. The fraction of sp³-hybridized carbons (Fsp3) is 0.250. The highest BCUT2D eigenvalue weighted by Crippen LogP contribution is 2.33. The molecular weight excluding hydrogens is 493 g/mol. The molecule has 0 aliphatic carbocycles. The third-order valence-electron chi connectivity index (χ3n) is 5.50. The van der Waals surface area contributed by atoms with Crippen molar-refractivity contribution in [2.45, 2.75) is 19.8 Å². The largest absolute Gasteiger partial charge is 0.501 e. The van der Waals surface area contributed by atoms with E-state index in [1.54, 1.807) is 63.9 Å². The molecule has 1 aromatic heterocycles. The monoisotopic (exact) mass is 523 g/mol. The van der Waals surface area contributed by atoms with Crippen molar-refractivity contribution in [2.75, 3.05) is 33.2 Å². The van der Waals surface area contributed by atoms with Crippen LogP contribution in [0.2, 0.25) is 0 Å². The van der Waals surface area contributed by atoms with Crippen molar-refractivity contribution in [3.8, 4) is 17.2 Å². The molecule has 3 rings (SSSR count). The summed E-state index contributed by atoms with van der Waals surface area (Å²) >= 11 is 0. The number of halogens is 1. The number of carbonyl (C=O) groups is 2. The highest BCUT2D eigenvalue weighted by Gasteiger charge is 2.15. The minimum atomic E-state index is -0.911. The van der Waals surface area contributed by atoms with Crippen LogP contribution in [0.5, 0.6) is 17.2 Å². The van der Waals surface area contributed by atoms with E-state index in [-0.39, 0.29) is 18.0 Å². The molecule has 0 saturated heterocycles. The van der Waals surface area contributed by atoms with E-state index in [1.807, 2.05) is 6.92 Å². The van der Waals surface area contributed by atoms with Crippen molar-refractivity contribution in [1.29, 1.82) is 0 Å². The van der Waals surface area contributed by atoms with Crippen molar-refractivity contribution in [3.05, 3.63) is 78.1 Å². The second-order valence-corrected chi connectivity index (χ2v) is 8.07. The van der Waals surface area contributed by atoms with Gasteiger partial charge in [0, 0.05) is 36.3 Å². The van der Waals surface area contributed by atoms with Gasteiger partial charge in [-0.25, -0.2) is 4.39 Å². The standard InChI is InChI=1S/C28H30FN3O6/c1-18(35-2)7-9-20(36-3)6-5-14-31-27(33)28(34)32-19-8-12-26(23(29)16-19)38-25-13-15-30-24-11-10-21(37-4)17-22(24)25/h7-13,15-17H,5-6,14H2,1-4H3,(H,31,33)(H,32,34)/b18-7+,20-9+. The number of aromatic nitrogens is 1. The van der Waals surface area contributed by atoms with E-state index < -0.39 is 17.6 Å². The summed E-state index contributed by atoms with van der Waals surface area (Å²) in [6, 6.07) is 10.8. The fourth-order valence-corrected chi connectivity index (χ4v) is 3.36. The summed E-state index contributed by atoms with van der Waals surface area (Å²) in [6.45, 7) is 2.07. The Kier molecular flexibility index (Phi) is 10.0. The normalized spacial score (nSPS) is 11.6. The van der Waals surface area contributed by atoms with Gasteiger partial charge in [-0.1, -0.05) is 0 Å². The number of amides is 2. The molecule has 9 nitrogen and oxygen atoms in total. The average Bonchev–Trinajstić information content (AvgIpc) is 2.93. The second-order valence-electron chi connectivity index (χ2n) is 8.07. The first kappa shape index (κ1) is 28.0. The van der Waals surface area contributed by atoms with Crippen molar-refractivity contribution in [2.24, 2.45) is 0 Å². The van der Waals surface area contributed by atoms with Gasteiger partial charge in [0.25, 0.3) is 0 Å². The quantitative estimate of drug-likeness (QED) is 0.156.